The fourth-order valence-corrected chi connectivity index (χ4v) is 5.35. The number of hydrogen-bond acceptors (Lipinski definition) is 2. The molecule has 0 aromatic heterocycles. The summed E-state index contributed by atoms with van der Waals surface area (Å²) in [7, 11) is 0. The number of nitrogens with zero attached hydrogens (tertiary/aromatic N) is 1. The van der Waals surface area contributed by atoms with Crippen molar-refractivity contribution in [2.24, 2.45) is 17.8 Å². The predicted molar refractivity (Wildman–Crippen MR) is 108 cm³/mol. The summed E-state index contributed by atoms with van der Waals surface area (Å²) in [6.07, 6.45) is 6.01. The first-order valence-electron chi connectivity index (χ1n) is 11.0. The summed E-state index contributed by atoms with van der Waals surface area (Å²) in [4.78, 5) is 13.9. The number of benzene rings is 1. The van der Waals surface area contributed by atoms with Crippen molar-refractivity contribution < 1.29 is 23.1 Å². The van der Waals surface area contributed by atoms with E-state index in [4.69, 9.17) is 0 Å². The highest BCUT2D eigenvalue weighted by Crippen LogP contribution is 2.43. The van der Waals surface area contributed by atoms with Crippen LogP contribution < -0.4 is 4.90 Å². The van der Waals surface area contributed by atoms with Crippen molar-refractivity contribution in [3.63, 3.8) is 0 Å². The summed E-state index contributed by atoms with van der Waals surface area (Å²) < 4.78 is 38.5. The summed E-state index contributed by atoms with van der Waals surface area (Å²) >= 11 is 0. The molecule has 29 heavy (non-hydrogen) atoms. The molecule has 2 atom stereocenters. The maximum absolute atomic E-state index is 12.8. The number of carboxylic acids is 1. The zero-order valence-electron chi connectivity index (χ0n) is 17.1. The molecule has 1 saturated carbocycles. The molecule has 3 rings (SSSR count). The molecule has 1 saturated heterocycles. The minimum atomic E-state index is -4.38. The molecule has 0 amide bonds. The van der Waals surface area contributed by atoms with E-state index < -0.39 is 23.8 Å². The summed E-state index contributed by atoms with van der Waals surface area (Å²) in [6, 6.07) is 4.26. The number of carbonyl (C=O) groups is 1. The zero-order chi connectivity index (χ0) is 21.0. The normalized spacial score (nSPS) is 27.9. The Hall–Kier alpha value is -1.72. The molecule has 1 aliphatic heterocycles. The monoisotopic (exact) mass is 411 g/mol. The van der Waals surface area contributed by atoms with Gasteiger partial charge in [0.2, 0.25) is 0 Å². The molecule has 1 heterocycles. The average Bonchev–Trinajstić information content (AvgIpc) is 3.13. The van der Waals surface area contributed by atoms with Crippen molar-refractivity contribution in [1.82, 2.24) is 0 Å². The third-order valence-electron chi connectivity index (χ3n) is 6.94. The van der Waals surface area contributed by atoms with Crippen LogP contribution in [0.4, 0.5) is 18.9 Å². The molecule has 1 N–H and O–H groups in total. The van der Waals surface area contributed by atoms with Gasteiger partial charge < -0.3 is 10.0 Å². The van der Waals surface area contributed by atoms with Crippen molar-refractivity contribution >= 4 is 11.7 Å². The standard InChI is InChI=1S/C23H32F3NO2/c1-2-3-4-5-16-6-8-17(9-7-16)20-14-15-27(21(20)22(28)29)19-12-10-18(11-13-19)23(24,25)26/h10-13,16-17,20-21H,2-9,14-15H2,1H3,(H,28,29)/t16?,17?,20-,21+/m1/s1. The summed E-state index contributed by atoms with van der Waals surface area (Å²) in [5.74, 6) is 0.385. The van der Waals surface area contributed by atoms with E-state index in [9.17, 15) is 23.1 Å². The number of rotatable bonds is 7. The van der Waals surface area contributed by atoms with Gasteiger partial charge in [-0.25, -0.2) is 4.79 Å². The molecule has 0 radical (unpaired) electrons. The van der Waals surface area contributed by atoms with E-state index in [0.717, 1.165) is 37.3 Å². The molecular formula is C23H32F3NO2. The molecule has 2 aliphatic rings. The van der Waals surface area contributed by atoms with Crippen LogP contribution in [0.5, 0.6) is 0 Å². The highest BCUT2D eigenvalue weighted by Gasteiger charge is 2.44. The van der Waals surface area contributed by atoms with Gasteiger partial charge in [0.1, 0.15) is 6.04 Å². The van der Waals surface area contributed by atoms with Crippen molar-refractivity contribution in [3.8, 4) is 0 Å². The lowest BCUT2D eigenvalue weighted by Crippen LogP contribution is -2.42. The number of alkyl halides is 3. The van der Waals surface area contributed by atoms with Crippen LogP contribution in [0.25, 0.3) is 0 Å². The highest BCUT2D eigenvalue weighted by molar-refractivity contribution is 5.79. The first-order chi connectivity index (χ1) is 13.8. The minimum absolute atomic E-state index is 0.0754. The fourth-order valence-electron chi connectivity index (χ4n) is 5.35. The van der Waals surface area contributed by atoms with Crippen molar-refractivity contribution in [2.75, 3.05) is 11.4 Å². The Morgan fingerprint density at radius 2 is 1.72 bits per heavy atom. The highest BCUT2D eigenvalue weighted by atomic mass is 19.4. The van der Waals surface area contributed by atoms with Gasteiger partial charge in [0, 0.05) is 12.2 Å². The van der Waals surface area contributed by atoms with E-state index in [-0.39, 0.29) is 5.92 Å². The maximum atomic E-state index is 12.8. The Balaban J connectivity index is 1.64. The van der Waals surface area contributed by atoms with Gasteiger partial charge in [0.25, 0.3) is 0 Å². The van der Waals surface area contributed by atoms with Gasteiger partial charge >= 0.3 is 12.1 Å². The third kappa shape index (κ3) is 5.26. The Labute approximate surface area is 171 Å². The van der Waals surface area contributed by atoms with Crippen LogP contribution in [0.2, 0.25) is 0 Å². The van der Waals surface area contributed by atoms with Gasteiger partial charge in [0.05, 0.1) is 5.56 Å². The van der Waals surface area contributed by atoms with Crippen LogP contribution in [-0.2, 0) is 11.0 Å². The first-order valence-corrected chi connectivity index (χ1v) is 11.0. The van der Waals surface area contributed by atoms with Gasteiger partial charge in [-0.3, -0.25) is 0 Å². The van der Waals surface area contributed by atoms with E-state index in [1.165, 1.54) is 50.7 Å². The van der Waals surface area contributed by atoms with E-state index >= 15 is 0 Å². The van der Waals surface area contributed by atoms with Gasteiger partial charge in [-0.1, -0.05) is 45.4 Å². The van der Waals surface area contributed by atoms with E-state index in [1.807, 2.05) is 0 Å². The number of anilines is 1. The topological polar surface area (TPSA) is 40.5 Å². The minimum Gasteiger partial charge on any atom is -0.480 e. The van der Waals surface area contributed by atoms with Crippen LogP contribution in [0.15, 0.2) is 24.3 Å². The van der Waals surface area contributed by atoms with Crippen molar-refractivity contribution in [1.29, 1.82) is 0 Å². The van der Waals surface area contributed by atoms with Crippen LogP contribution in [0.1, 0.15) is 70.3 Å². The van der Waals surface area contributed by atoms with Crippen LogP contribution in [0, 0.1) is 17.8 Å². The molecule has 0 unspecified atom stereocenters. The second kappa shape index (κ2) is 9.40. The zero-order valence-corrected chi connectivity index (χ0v) is 17.1. The molecular weight excluding hydrogens is 379 g/mol. The van der Waals surface area contributed by atoms with Gasteiger partial charge in [-0.05, 0) is 61.3 Å². The Morgan fingerprint density at radius 3 is 2.28 bits per heavy atom. The molecule has 1 aliphatic carbocycles. The summed E-state index contributed by atoms with van der Waals surface area (Å²) in [5, 5.41) is 9.90. The van der Waals surface area contributed by atoms with E-state index in [2.05, 4.69) is 6.92 Å². The smallest absolute Gasteiger partial charge is 0.416 e. The predicted octanol–water partition coefficient (Wildman–Crippen LogP) is 6.37. The third-order valence-corrected chi connectivity index (χ3v) is 6.94. The SMILES string of the molecule is CCCCCC1CCC([C@H]2CCN(c3ccc(C(F)(F)F)cc3)[C@@H]2C(=O)O)CC1. The number of halogens is 3. The number of carboxylic acid groups (broad SMARTS) is 1. The first kappa shape index (κ1) is 22.0. The lowest BCUT2D eigenvalue weighted by Gasteiger charge is -2.35. The van der Waals surface area contributed by atoms with E-state index in [1.54, 1.807) is 4.90 Å². The molecule has 1 aromatic rings. The van der Waals surface area contributed by atoms with Gasteiger partial charge in [-0.2, -0.15) is 13.2 Å². The number of unbranched alkanes of at least 4 members (excludes halogenated alkanes) is 2. The molecule has 3 nitrogen and oxygen atoms in total. The van der Waals surface area contributed by atoms with Crippen LogP contribution >= 0.6 is 0 Å². The molecule has 0 spiro atoms. The molecule has 1 aromatic carbocycles. The summed E-state index contributed by atoms with van der Waals surface area (Å²) in [6.45, 7) is 2.80. The van der Waals surface area contributed by atoms with Crippen LogP contribution in [-0.4, -0.2) is 23.7 Å². The van der Waals surface area contributed by atoms with E-state index in [0.29, 0.717) is 18.2 Å². The van der Waals surface area contributed by atoms with Crippen LogP contribution in [0.3, 0.4) is 0 Å². The lowest BCUT2D eigenvalue weighted by molar-refractivity contribution is -0.140. The van der Waals surface area contributed by atoms with Gasteiger partial charge in [-0.15, -0.1) is 0 Å². The number of aliphatic carboxylic acids is 1. The Kier molecular flexibility index (Phi) is 7.12. The average molecular weight is 412 g/mol. The molecule has 0 bridgehead atoms. The Morgan fingerprint density at radius 1 is 1.07 bits per heavy atom. The molecule has 2 fully saturated rings. The molecule has 162 valence electrons. The quantitative estimate of drug-likeness (QED) is 0.530. The largest absolute Gasteiger partial charge is 0.480 e. The second-order valence-electron chi connectivity index (χ2n) is 8.75. The molecule has 6 heteroatoms. The second-order valence-corrected chi connectivity index (χ2v) is 8.75. The lowest BCUT2D eigenvalue weighted by atomic mass is 9.72. The number of hydrogen-bond donors (Lipinski definition) is 1. The van der Waals surface area contributed by atoms with Gasteiger partial charge in [0.15, 0.2) is 0 Å². The van der Waals surface area contributed by atoms with Crippen molar-refractivity contribution in [2.45, 2.75) is 76.9 Å². The maximum Gasteiger partial charge on any atom is 0.416 e. The Bertz CT molecular complexity index is 666. The fraction of sp³-hybridized carbons (Fsp3) is 0.696. The summed E-state index contributed by atoms with van der Waals surface area (Å²) in [5.41, 5.74) is -0.133. The van der Waals surface area contributed by atoms with Crippen molar-refractivity contribution in [3.05, 3.63) is 29.8 Å².